The molecule has 1 aliphatic heterocycles. The molecule has 0 fully saturated rings. The number of halogens is 3. The lowest BCUT2D eigenvalue weighted by Crippen LogP contribution is -2.22. The number of ether oxygens (including phenoxy) is 3. The maximum absolute atomic E-state index is 12.3. The Kier molecular flexibility index (Phi) is 6.20. The number of Topliss-reactive ketones (excluding diaryl/α,β-unsaturated/α-hetero) is 1. The number of nitrogens with one attached hydrogen (secondary N) is 1. The van der Waals surface area contributed by atoms with Crippen LogP contribution in [-0.4, -0.2) is 36.6 Å². The minimum atomic E-state index is -4.44. The number of fused-ring (bicyclic) bond motifs is 1. The average molecular weight is 441 g/mol. The first-order valence-corrected chi connectivity index (χ1v) is 9.21. The molecule has 30 heavy (non-hydrogen) atoms. The zero-order valence-corrected chi connectivity index (χ0v) is 16.2. The first-order chi connectivity index (χ1) is 14.1. The molecular formula is C19H14F3NO6S. The van der Waals surface area contributed by atoms with E-state index in [2.05, 4.69) is 5.32 Å². The summed E-state index contributed by atoms with van der Waals surface area (Å²) < 4.78 is 52.3. The van der Waals surface area contributed by atoms with Crippen molar-refractivity contribution in [3.63, 3.8) is 0 Å². The van der Waals surface area contributed by atoms with Crippen molar-refractivity contribution in [3.8, 4) is 11.5 Å². The van der Waals surface area contributed by atoms with E-state index in [1.807, 2.05) is 0 Å². The van der Waals surface area contributed by atoms with E-state index in [1.165, 1.54) is 31.2 Å². The molecule has 1 amide bonds. The normalized spacial score (nSPS) is 12.4. The SMILES string of the molecule is CC(=O)c1cc2c(cc1NC(=O)COC(=O)c1ccc(SC(F)(F)F)cc1)OCO2. The van der Waals surface area contributed by atoms with E-state index in [0.717, 1.165) is 12.1 Å². The Morgan fingerprint density at radius 2 is 1.73 bits per heavy atom. The predicted molar refractivity (Wildman–Crippen MR) is 99.8 cm³/mol. The number of hydrogen-bond donors (Lipinski definition) is 1. The van der Waals surface area contributed by atoms with Crippen LogP contribution in [0.15, 0.2) is 41.3 Å². The zero-order valence-electron chi connectivity index (χ0n) is 15.4. The Morgan fingerprint density at radius 3 is 2.33 bits per heavy atom. The molecule has 7 nitrogen and oxygen atoms in total. The first kappa shape index (κ1) is 21.5. The molecule has 0 spiro atoms. The van der Waals surface area contributed by atoms with Crippen LogP contribution in [0, 0.1) is 0 Å². The van der Waals surface area contributed by atoms with Crippen LogP contribution in [0.2, 0.25) is 0 Å². The molecule has 0 bridgehead atoms. The smallest absolute Gasteiger partial charge is 0.446 e. The summed E-state index contributed by atoms with van der Waals surface area (Å²) in [6.45, 7) is 0.638. The maximum Gasteiger partial charge on any atom is 0.446 e. The molecule has 1 heterocycles. The summed E-state index contributed by atoms with van der Waals surface area (Å²) in [4.78, 5) is 35.9. The number of benzene rings is 2. The van der Waals surface area contributed by atoms with Crippen molar-refractivity contribution in [2.45, 2.75) is 17.3 Å². The van der Waals surface area contributed by atoms with Crippen molar-refractivity contribution in [1.82, 2.24) is 0 Å². The maximum atomic E-state index is 12.3. The highest BCUT2D eigenvalue weighted by Gasteiger charge is 2.29. The lowest BCUT2D eigenvalue weighted by Gasteiger charge is -2.11. The van der Waals surface area contributed by atoms with E-state index in [4.69, 9.17) is 14.2 Å². The van der Waals surface area contributed by atoms with E-state index in [1.54, 1.807) is 0 Å². The van der Waals surface area contributed by atoms with Gasteiger partial charge in [0.15, 0.2) is 23.9 Å². The number of carbonyl (C=O) groups is 3. The number of anilines is 1. The molecule has 1 aliphatic rings. The molecule has 0 aromatic heterocycles. The van der Waals surface area contributed by atoms with E-state index in [-0.39, 0.29) is 46.0 Å². The van der Waals surface area contributed by atoms with Crippen molar-refractivity contribution < 1.29 is 41.8 Å². The summed E-state index contributed by atoms with van der Waals surface area (Å²) in [6.07, 6.45) is 0. The standard InChI is InChI=1S/C19H14F3NO6S/c1-10(24)13-6-15-16(29-9-28-15)7-14(13)23-17(25)8-27-18(26)11-2-4-12(5-3-11)30-19(20,21)22/h2-7H,8-9H2,1H3,(H,23,25). The van der Waals surface area contributed by atoms with E-state index < -0.39 is 24.0 Å². The molecule has 0 aliphatic carbocycles. The minimum absolute atomic E-state index is 0.0119. The highest BCUT2D eigenvalue weighted by atomic mass is 32.2. The summed E-state index contributed by atoms with van der Waals surface area (Å²) >= 11 is -0.310. The lowest BCUT2D eigenvalue weighted by molar-refractivity contribution is -0.119. The number of ketones is 1. The van der Waals surface area contributed by atoms with Crippen molar-refractivity contribution in [2.24, 2.45) is 0 Å². The molecule has 11 heteroatoms. The second-order valence-electron chi connectivity index (χ2n) is 6.00. The third kappa shape index (κ3) is 5.44. The van der Waals surface area contributed by atoms with E-state index >= 15 is 0 Å². The Balaban J connectivity index is 1.60. The van der Waals surface area contributed by atoms with Crippen LogP contribution < -0.4 is 14.8 Å². The molecule has 3 rings (SSSR count). The predicted octanol–water partition coefficient (Wildman–Crippen LogP) is 4.03. The molecule has 0 radical (unpaired) electrons. The second kappa shape index (κ2) is 8.66. The van der Waals surface area contributed by atoms with E-state index in [0.29, 0.717) is 11.5 Å². The quantitative estimate of drug-likeness (QED) is 0.411. The first-order valence-electron chi connectivity index (χ1n) is 8.40. The van der Waals surface area contributed by atoms with Gasteiger partial charge >= 0.3 is 11.5 Å². The molecule has 0 saturated carbocycles. The van der Waals surface area contributed by atoms with Crippen molar-refractivity contribution >= 4 is 35.1 Å². The number of alkyl halides is 3. The van der Waals surface area contributed by atoms with Gasteiger partial charge in [0.05, 0.1) is 11.3 Å². The van der Waals surface area contributed by atoms with Crippen LogP contribution in [-0.2, 0) is 9.53 Å². The number of thioether (sulfide) groups is 1. The topological polar surface area (TPSA) is 90.9 Å². The Bertz CT molecular complexity index is 991. The van der Waals surface area contributed by atoms with E-state index in [9.17, 15) is 27.6 Å². The third-order valence-electron chi connectivity index (χ3n) is 3.82. The minimum Gasteiger partial charge on any atom is -0.454 e. The van der Waals surface area contributed by atoms with Crippen LogP contribution in [0.1, 0.15) is 27.6 Å². The fraction of sp³-hybridized carbons (Fsp3) is 0.211. The summed E-state index contributed by atoms with van der Waals surface area (Å²) in [5.41, 5.74) is -4.09. The zero-order chi connectivity index (χ0) is 21.9. The number of esters is 1. The summed E-state index contributed by atoms with van der Waals surface area (Å²) in [5, 5.41) is 2.46. The monoisotopic (exact) mass is 441 g/mol. The summed E-state index contributed by atoms with van der Waals surface area (Å²) in [5.74, 6) is -1.20. The Hall–Kier alpha value is -3.21. The molecule has 2 aromatic carbocycles. The second-order valence-corrected chi connectivity index (χ2v) is 7.14. The number of hydrogen-bond acceptors (Lipinski definition) is 7. The Morgan fingerprint density at radius 1 is 1.10 bits per heavy atom. The van der Waals surface area contributed by atoms with Crippen LogP contribution in [0.4, 0.5) is 18.9 Å². The lowest BCUT2D eigenvalue weighted by atomic mass is 10.1. The van der Waals surface area contributed by atoms with Crippen molar-refractivity contribution in [1.29, 1.82) is 0 Å². The molecule has 1 N–H and O–H groups in total. The Labute approximate surface area is 172 Å². The van der Waals surface area contributed by atoms with Gasteiger partial charge in [-0.1, -0.05) is 0 Å². The van der Waals surface area contributed by atoms with Gasteiger partial charge < -0.3 is 19.5 Å². The molecule has 0 unspecified atom stereocenters. The number of amides is 1. The number of carbonyl (C=O) groups excluding carboxylic acids is 3. The summed E-state index contributed by atoms with van der Waals surface area (Å²) in [6, 6.07) is 7.45. The molecule has 158 valence electrons. The van der Waals surface area contributed by atoms with Gasteiger partial charge in [-0.15, -0.1) is 0 Å². The van der Waals surface area contributed by atoms with Gasteiger partial charge in [0.1, 0.15) is 0 Å². The molecule has 0 saturated heterocycles. The van der Waals surface area contributed by atoms with Gasteiger partial charge in [-0.3, -0.25) is 9.59 Å². The molecule has 0 atom stereocenters. The van der Waals surface area contributed by atoms with Crippen LogP contribution in [0.25, 0.3) is 0 Å². The van der Waals surface area contributed by atoms with Gasteiger partial charge in [0, 0.05) is 16.5 Å². The highest BCUT2D eigenvalue weighted by molar-refractivity contribution is 8.00. The van der Waals surface area contributed by atoms with Crippen LogP contribution in [0.3, 0.4) is 0 Å². The van der Waals surface area contributed by atoms with Crippen LogP contribution >= 0.6 is 11.8 Å². The van der Waals surface area contributed by atoms with Gasteiger partial charge in [0.25, 0.3) is 5.91 Å². The average Bonchev–Trinajstić information content (AvgIpc) is 3.12. The van der Waals surface area contributed by atoms with Gasteiger partial charge in [-0.05, 0) is 49.0 Å². The third-order valence-corrected chi connectivity index (χ3v) is 4.56. The molecule has 2 aromatic rings. The van der Waals surface area contributed by atoms with Crippen molar-refractivity contribution in [3.05, 3.63) is 47.5 Å². The largest absolute Gasteiger partial charge is 0.454 e. The van der Waals surface area contributed by atoms with Gasteiger partial charge in [-0.25, -0.2) is 4.79 Å². The van der Waals surface area contributed by atoms with Gasteiger partial charge in [-0.2, -0.15) is 13.2 Å². The van der Waals surface area contributed by atoms with Crippen LogP contribution in [0.5, 0.6) is 11.5 Å². The summed E-state index contributed by atoms with van der Waals surface area (Å²) in [7, 11) is 0. The fourth-order valence-electron chi connectivity index (χ4n) is 2.53. The highest BCUT2D eigenvalue weighted by Crippen LogP contribution is 2.38. The number of rotatable bonds is 6. The van der Waals surface area contributed by atoms with Crippen molar-refractivity contribution in [2.75, 3.05) is 18.7 Å². The molecular weight excluding hydrogens is 427 g/mol. The fourth-order valence-corrected chi connectivity index (χ4v) is 3.07. The van der Waals surface area contributed by atoms with Gasteiger partial charge in [0.2, 0.25) is 6.79 Å².